The predicted molar refractivity (Wildman–Crippen MR) is 68.6 cm³/mol. The van der Waals surface area contributed by atoms with Gasteiger partial charge in [0.15, 0.2) is 9.84 Å². The molecular formula is C11H18N4O2S. The summed E-state index contributed by atoms with van der Waals surface area (Å²) in [6.45, 7) is 6.65. The third-order valence-electron chi connectivity index (χ3n) is 2.70. The molecule has 0 saturated heterocycles. The van der Waals surface area contributed by atoms with E-state index in [1.807, 2.05) is 27.0 Å². The Labute approximate surface area is 107 Å². The zero-order chi connectivity index (χ0) is 13.4. The van der Waals surface area contributed by atoms with Gasteiger partial charge >= 0.3 is 0 Å². The Balaban J connectivity index is 1.92. The first-order chi connectivity index (χ1) is 8.26. The number of nitrogens with zero attached hydrogens (tertiary/aromatic N) is 3. The number of aromatic nitrogens is 3. The summed E-state index contributed by atoms with van der Waals surface area (Å²) in [7, 11) is -3.00. The van der Waals surface area contributed by atoms with Gasteiger partial charge in [0, 0.05) is 18.0 Å². The molecule has 2 rings (SSSR count). The number of nitrogens with one attached hydrogen (secondary N) is 1. The molecule has 18 heavy (non-hydrogen) atoms. The van der Waals surface area contributed by atoms with E-state index in [0.717, 1.165) is 5.69 Å². The maximum absolute atomic E-state index is 11.2. The van der Waals surface area contributed by atoms with Crippen molar-refractivity contribution < 1.29 is 8.42 Å². The molecular weight excluding hydrogens is 252 g/mol. The van der Waals surface area contributed by atoms with E-state index in [2.05, 4.69) is 15.6 Å². The molecule has 0 radical (unpaired) electrons. The van der Waals surface area contributed by atoms with Crippen molar-refractivity contribution in [2.24, 2.45) is 0 Å². The first kappa shape index (κ1) is 13.2. The van der Waals surface area contributed by atoms with Crippen LogP contribution in [-0.2, 0) is 21.9 Å². The van der Waals surface area contributed by atoms with Gasteiger partial charge < -0.3 is 5.32 Å². The lowest BCUT2D eigenvalue weighted by Crippen LogP contribution is -2.29. The zero-order valence-electron chi connectivity index (χ0n) is 10.8. The molecule has 0 fully saturated rings. The summed E-state index contributed by atoms with van der Waals surface area (Å²) in [5.74, 6) is 0.125. The van der Waals surface area contributed by atoms with Gasteiger partial charge in [-0.25, -0.2) is 13.1 Å². The van der Waals surface area contributed by atoms with Gasteiger partial charge in [-0.1, -0.05) is 11.3 Å². The Bertz CT molecular complexity index is 554. The van der Waals surface area contributed by atoms with Gasteiger partial charge in [0.2, 0.25) is 0 Å². The average Bonchev–Trinajstić information content (AvgIpc) is 2.80. The molecule has 0 spiro atoms. The highest BCUT2D eigenvalue weighted by Crippen LogP contribution is 2.12. The van der Waals surface area contributed by atoms with Crippen molar-refractivity contribution in [1.29, 1.82) is 0 Å². The fraction of sp³-hybridized carbons (Fsp3) is 0.636. The van der Waals surface area contributed by atoms with Crippen LogP contribution in [0.4, 0.5) is 0 Å². The third kappa shape index (κ3) is 3.17. The summed E-state index contributed by atoms with van der Waals surface area (Å²) in [4.78, 5) is 0. The summed E-state index contributed by atoms with van der Waals surface area (Å²) < 4.78 is 24.3. The van der Waals surface area contributed by atoms with Gasteiger partial charge in [0.25, 0.3) is 0 Å². The highest BCUT2D eigenvalue weighted by atomic mass is 32.2. The van der Waals surface area contributed by atoms with Crippen LogP contribution in [0.1, 0.15) is 26.5 Å². The molecule has 6 nitrogen and oxygen atoms in total. The second-order valence-electron chi connectivity index (χ2n) is 5.47. The minimum absolute atomic E-state index is 0.0954. The van der Waals surface area contributed by atoms with Crippen LogP contribution in [0.2, 0.25) is 0 Å². The van der Waals surface area contributed by atoms with E-state index >= 15 is 0 Å². The largest absolute Gasteiger partial charge is 0.304 e. The van der Waals surface area contributed by atoms with Crippen molar-refractivity contribution in [3.63, 3.8) is 0 Å². The number of hydrogen-bond acceptors (Lipinski definition) is 5. The topological polar surface area (TPSA) is 76.9 Å². The molecule has 1 aliphatic heterocycles. The molecule has 0 bridgehead atoms. The maximum atomic E-state index is 11.2. The first-order valence-electron chi connectivity index (χ1n) is 5.82. The second kappa shape index (κ2) is 4.47. The standard InChI is InChI=1S/C11H18N4O2S/c1-11(2,3)15-7-10(13-14-15)6-12-9-4-5-18(16,17)8-9/h4-5,7,9,12H,6,8H2,1-3H3. The number of sulfone groups is 1. The molecule has 2 heterocycles. The average molecular weight is 270 g/mol. The van der Waals surface area contributed by atoms with Crippen molar-refractivity contribution >= 4 is 9.84 Å². The Kier molecular flexibility index (Phi) is 3.29. The van der Waals surface area contributed by atoms with Gasteiger partial charge in [-0.2, -0.15) is 0 Å². The van der Waals surface area contributed by atoms with E-state index in [9.17, 15) is 8.42 Å². The van der Waals surface area contributed by atoms with E-state index in [0.29, 0.717) is 6.54 Å². The van der Waals surface area contributed by atoms with Crippen molar-refractivity contribution in [3.8, 4) is 0 Å². The van der Waals surface area contributed by atoms with Crippen LogP contribution in [-0.4, -0.2) is 35.2 Å². The van der Waals surface area contributed by atoms with E-state index < -0.39 is 9.84 Å². The molecule has 1 unspecified atom stereocenters. The van der Waals surface area contributed by atoms with Crippen LogP contribution in [0.25, 0.3) is 0 Å². The maximum Gasteiger partial charge on any atom is 0.173 e. The van der Waals surface area contributed by atoms with E-state index in [1.54, 1.807) is 10.8 Å². The van der Waals surface area contributed by atoms with Crippen LogP contribution >= 0.6 is 0 Å². The first-order valence-corrected chi connectivity index (χ1v) is 7.54. The Morgan fingerprint density at radius 2 is 2.22 bits per heavy atom. The molecule has 1 N–H and O–H groups in total. The highest BCUT2D eigenvalue weighted by Gasteiger charge is 2.21. The molecule has 1 aliphatic rings. The van der Waals surface area contributed by atoms with E-state index in [-0.39, 0.29) is 17.3 Å². The normalized spacial score (nSPS) is 22.5. The quantitative estimate of drug-likeness (QED) is 0.862. The summed E-state index contributed by atoms with van der Waals surface area (Å²) in [5.41, 5.74) is 0.713. The van der Waals surface area contributed by atoms with E-state index in [1.165, 1.54) is 5.41 Å². The van der Waals surface area contributed by atoms with Crippen LogP contribution < -0.4 is 5.32 Å². The summed E-state index contributed by atoms with van der Waals surface area (Å²) in [6, 6.07) is -0.130. The smallest absolute Gasteiger partial charge is 0.173 e. The predicted octanol–water partition coefficient (Wildman–Crippen LogP) is 0.433. The van der Waals surface area contributed by atoms with Gasteiger partial charge in [-0.3, -0.25) is 0 Å². The van der Waals surface area contributed by atoms with Crippen LogP contribution in [0.15, 0.2) is 17.7 Å². The monoisotopic (exact) mass is 270 g/mol. The van der Waals surface area contributed by atoms with E-state index in [4.69, 9.17) is 0 Å². The lowest BCUT2D eigenvalue weighted by atomic mass is 10.1. The zero-order valence-corrected chi connectivity index (χ0v) is 11.6. The van der Waals surface area contributed by atoms with Gasteiger partial charge in [-0.05, 0) is 20.8 Å². The molecule has 1 aromatic rings. The Hall–Kier alpha value is -1.21. The number of hydrogen-bond donors (Lipinski definition) is 1. The minimum atomic E-state index is -3.00. The van der Waals surface area contributed by atoms with Crippen molar-refractivity contribution in [1.82, 2.24) is 20.3 Å². The SMILES string of the molecule is CC(C)(C)n1cc(CNC2C=CS(=O)(=O)C2)nn1. The number of rotatable bonds is 3. The molecule has 100 valence electrons. The van der Waals surface area contributed by atoms with Crippen LogP contribution in [0.3, 0.4) is 0 Å². The van der Waals surface area contributed by atoms with Crippen LogP contribution in [0, 0.1) is 0 Å². The van der Waals surface area contributed by atoms with Crippen molar-refractivity contribution in [2.75, 3.05) is 5.75 Å². The minimum Gasteiger partial charge on any atom is -0.304 e. The molecule has 1 atom stereocenters. The molecule has 7 heteroatoms. The fourth-order valence-electron chi connectivity index (χ4n) is 1.65. The summed E-state index contributed by atoms with van der Waals surface area (Å²) >= 11 is 0. The fourth-order valence-corrected chi connectivity index (χ4v) is 2.92. The summed E-state index contributed by atoms with van der Waals surface area (Å²) in [6.07, 6.45) is 3.55. The van der Waals surface area contributed by atoms with Crippen LogP contribution in [0.5, 0.6) is 0 Å². The van der Waals surface area contributed by atoms with Crippen molar-refractivity contribution in [3.05, 3.63) is 23.4 Å². The second-order valence-corrected chi connectivity index (χ2v) is 7.40. The van der Waals surface area contributed by atoms with Gasteiger partial charge in [-0.15, -0.1) is 5.10 Å². The molecule has 0 saturated carbocycles. The van der Waals surface area contributed by atoms with Crippen molar-refractivity contribution in [2.45, 2.75) is 38.9 Å². The highest BCUT2D eigenvalue weighted by molar-refractivity contribution is 7.94. The summed E-state index contributed by atoms with van der Waals surface area (Å²) in [5, 5.41) is 12.5. The molecule has 1 aromatic heterocycles. The molecule has 0 aliphatic carbocycles. The Morgan fingerprint density at radius 1 is 1.50 bits per heavy atom. The molecule has 0 amide bonds. The van der Waals surface area contributed by atoms with Gasteiger partial charge in [0.1, 0.15) is 0 Å². The third-order valence-corrected chi connectivity index (χ3v) is 4.10. The van der Waals surface area contributed by atoms with Gasteiger partial charge in [0.05, 0.1) is 23.2 Å². The Morgan fingerprint density at radius 3 is 2.72 bits per heavy atom. The molecule has 0 aromatic carbocycles. The lowest BCUT2D eigenvalue weighted by Gasteiger charge is -2.17. The lowest BCUT2D eigenvalue weighted by molar-refractivity contribution is 0.347.